The van der Waals surface area contributed by atoms with E-state index in [-0.39, 0.29) is 30.5 Å². The average Bonchev–Trinajstić information content (AvgIpc) is 3.23. The molecule has 2 amide bonds. The SMILES string of the molecule is COCC(=O)N(C1CCOCC1)C1CCN(C(=O)CCc2ccc(OC)cc2)C1. The van der Waals surface area contributed by atoms with E-state index in [0.29, 0.717) is 39.1 Å². The highest BCUT2D eigenvalue weighted by Gasteiger charge is 2.37. The van der Waals surface area contributed by atoms with Gasteiger partial charge in [-0.25, -0.2) is 0 Å². The molecule has 7 nitrogen and oxygen atoms in total. The number of likely N-dealkylation sites (tertiary alicyclic amines) is 1. The van der Waals surface area contributed by atoms with Crippen LogP contribution in [0.3, 0.4) is 0 Å². The van der Waals surface area contributed by atoms with Crippen LogP contribution in [0.15, 0.2) is 24.3 Å². The lowest BCUT2D eigenvalue weighted by molar-refractivity contribution is -0.143. The van der Waals surface area contributed by atoms with Gasteiger partial charge in [-0.15, -0.1) is 0 Å². The van der Waals surface area contributed by atoms with Crippen molar-refractivity contribution < 1.29 is 23.8 Å². The van der Waals surface area contributed by atoms with Crippen LogP contribution in [0.25, 0.3) is 0 Å². The minimum Gasteiger partial charge on any atom is -0.497 e. The molecule has 0 spiro atoms. The smallest absolute Gasteiger partial charge is 0.249 e. The third-order valence-corrected chi connectivity index (χ3v) is 5.84. The lowest BCUT2D eigenvalue weighted by atomic mass is 10.0. The largest absolute Gasteiger partial charge is 0.497 e. The molecule has 1 unspecified atom stereocenters. The van der Waals surface area contributed by atoms with E-state index in [4.69, 9.17) is 14.2 Å². The van der Waals surface area contributed by atoms with Crippen molar-refractivity contribution in [2.24, 2.45) is 0 Å². The van der Waals surface area contributed by atoms with E-state index in [1.54, 1.807) is 14.2 Å². The Labute approximate surface area is 172 Å². The molecular weight excluding hydrogens is 372 g/mol. The second-order valence-corrected chi connectivity index (χ2v) is 7.71. The number of carbonyl (C=O) groups is 2. The van der Waals surface area contributed by atoms with Gasteiger partial charge in [0.1, 0.15) is 12.4 Å². The third kappa shape index (κ3) is 5.70. The predicted octanol–water partition coefficient (Wildman–Crippen LogP) is 1.88. The van der Waals surface area contributed by atoms with Gasteiger partial charge < -0.3 is 24.0 Å². The van der Waals surface area contributed by atoms with E-state index < -0.39 is 0 Å². The van der Waals surface area contributed by atoms with E-state index >= 15 is 0 Å². The summed E-state index contributed by atoms with van der Waals surface area (Å²) in [5, 5.41) is 0. The minimum atomic E-state index is 0.0110. The Kier molecular flexibility index (Phi) is 7.89. The molecule has 1 aromatic rings. The molecule has 3 rings (SSSR count). The van der Waals surface area contributed by atoms with Gasteiger partial charge in [-0.3, -0.25) is 9.59 Å². The van der Waals surface area contributed by atoms with Crippen LogP contribution in [0.4, 0.5) is 0 Å². The average molecular weight is 405 g/mol. The summed E-state index contributed by atoms with van der Waals surface area (Å²) in [5.41, 5.74) is 1.12. The van der Waals surface area contributed by atoms with Gasteiger partial charge in [0, 0.05) is 45.9 Å². The quantitative estimate of drug-likeness (QED) is 0.662. The summed E-state index contributed by atoms with van der Waals surface area (Å²) in [7, 11) is 3.19. The first-order valence-corrected chi connectivity index (χ1v) is 10.4. The molecule has 0 N–H and O–H groups in total. The number of nitrogens with zero attached hydrogens (tertiary/aromatic N) is 2. The number of hydrogen-bond acceptors (Lipinski definition) is 5. The Morgan fingerprint density at radius 1 is 1.10 bits per heavy atom. The number of carbonyl (C=O) groups excluding carboxylic acids is 2. The van der Waals surface area contributed by atoms with Gasteiger partial charge in [-0.2, -0.15) is 0 Å². The van der Waals surface area contributed by atoms with E-state index in [2.05, 4.69) is 0 Å². The standard InChI is InChI=1S/C22H32N2O5/c1-27-16-22(26)24(18-10-13-29-14-11-18)19-9-12-23(15-19)21(25)8-5-17-3-6-20(28-2)7-4-17/h3-4,6-7,18-19H,5,8-16H2,1-2H3. The van der Waals surface area contributed by atoms with Crippen molar-refractivity contribution >= 4 is 11.8 Å². The molecule has 7 heteroatoms. The van der Waals surface area contributed by atoms with Crippen molar-refractivity contribution in [2.45, 2.75) is 44.2 Å². The number of aryl methyl sites for hydroxylation is 1. The molecule has 1 aromatic carbocycles. The van der Waals surface area contributed by atoms with Gasteiger partial charge in [-0.05, 0) is 43.4 Å². The van der Waals surface area contributed by atoms with Crippen LogP contribution in [-0.2, 0) is 25.5 Å². The highest BCUT2D eigenvalue weighted by molar-refractivity contribution is 5.79. The zero-order chi connectivity index (χ0) is 20.6. The monoisotopic (exact) mass is 404 g/mol. The fraction of sp³-hybridized carbons (Fsp3) is 0.636. The Morgan fingerprint density at radius 2 is 1.83 bits per heavy atom. The molecule has 29 heavy (non-hydrogen) atoms. The fourth-order valence-electron chi connectivity index (χ4n) is 4.26. The van der Waals surface area contributed by atoms with Crippen molar-refractivity contribution in [1.82, 2.24) is 9.80 Å². The highest BCUT2D eigenvalue weighted by atomic mass is 16.5. The summed E-state index contributed by atoms with van der Waals surface area (Å²) < 4.78 is 15.7. The summed E-state index contributed by atoms with van der Waals surface area (Å²) in [6, 6.07) is 8.05. The Bertz CT molecular complexity index is 672. The number of rotatable bonds is 8. The molecule has 0 radical (unpaired) electrons. The van der Waals surface area contributed by atoms with Crippen LogP contribution in [0, 0.1) is 0 Å². The number of amides is 2. The molecule has 2 aliphatic rings. The first-order chi connectivity index (χ1) is 14.1. The number of hydrogen-bond donors (Lipinski definition) is 0. The van der Waals surface area contributed by atoms with Crippen molar-refractivity contribution in [2.75, 3.05) is 47.1 Å². The maximum absolute atomic E-state index is 12.7. The molecule has 0 saturated carbocycles. The predicted molar refractivity (Wildman–Crippen MR) is 109 cm³/mol. The molecule has 2 fully saturated rings. The minimum absolute atomic E-state index is 0.0110. The lowest BCUT2D eigenvalue weighted by Crippen LogP contribution is -2.51. The zero-order valence-electron chi connectivity index (χ0n) is 17.5. The van der Waals surface area contributed by atoms with Crippen LogP contribution in [0.5, 0.6) is 5.75 Å². The topological polar surface area (TPSA) is 68.3 Å². The van der Waals surface area contributed by atoms with Crippen molar-refractivity contribution in [3.05, 3.63) is 29.8 Å². The molecular formula is C22H32N2O5. The molecule has 1 atom stereocenters. The zero-order valence-corrected chi connectivity index (χ0v) is 17.5. The van der Waals surface area contributed by atoms with Gasteiger partial charge in [0.05, 0.1) is 13.2 Å². The number of benzene rings is 1. The Morgan fingerprint density at radius 3 is 2.48 bits per heavy atom. The molecule has 2 heterocycles. The Balaban J connectivity index is 1.55. The normalized spacial score (nSPS) is 19.9. The summed E-state index contributed by atoms with van der Waals surface area (Å²) in [6.07, 6.45) is 3.69. The van der Waals surface area contributed by atoms with Crippen molar-refractivity contribution in [3.8, 4) is 5.75 Å². The van der Waals surface area contributed by atoms with Crippen LogP contribution in [-0.4, -0.2) is 80.8 Å². The van der Waals surface area contributed by atoms with Crippen LogP contribution in [0.1, 0.15) is 31.2 Å². The fourth-order valence-corrected chi connectivity index (χ4v) is 4.26. The van der Waals surface area contributed by atoms with Gasteiger partial charge in [0.25, 0.3) is 0 Å². The third-order valence-electron chi connectivity index (χ3n) is 5.84. The molecule has 160 valence electrons. The molecule has 2 aliphatic heterocycles. The maximum Gasteiger partial charge on any atom is 0.249 e. The highest BCUT2D eigenvalue weighted by Crippen LogP contribution is 2.24. The van der Waals surface area contributed by atoms with Gasteiger partial charge in [0.2, 0.25) is 11.8 Å². The molecule has 0 bridgehead atoms. The second kappa shape index (κ2) is 10.6. The van der Waals surface area contributed by atoms with Crippen molar-refractivity contribution in [3.63, 3.8) is 0 Å². The number of ether oxygens (including phenoxy) is 3. The summed E-state index contributed by atoms with van der Waals surface area (Å²) in [4.78, 5) is 29.3. The van der Waals surface area contributed by atoms with Gasteiger partial charge >= 0.3 is 0 Å². The summed E-state index contributed by atoms with van der Waals surface area (Å²) >= 11 is 0. The summed E-state index contributed by atoms with van der Waals surface area (Å²) in [6.45, 7) is 2.75. The summed E-state index contributed by atoms with van der Waals surface area (Å²) in [5.74, 6) is 0.975. The van der Waals surface area contributed by atoms with Gasteiger partial charge in [-0.1, -0.05) is 12.1 Å². The second-order valence-electron chi connectivity index (χ2n) is 7.71. The van der Waals surface area contributed by atoms with E-state index in [9.17, 15) is 9.59 Å². The maximum atomic E-state index is 12.7. The molecule has 0 aliphatic carbocycles. The van der Waals surface area contributed by atoms with E-state index in [0.717, 1.165) is 30.6 Å². The van der Waals surface area contributed by atoms with Gasteiger partial charge in [0.15, 0.2) is 0 Å². The van der Waals surface area contributed by atoms with E-state index in [1.165, 1.54) is 0 Å². The Hall–Kier alpha value is -2.12. The number of methoxy groups -OCH3 is 2. The van der Waals surface area contributed by atoms with Crippen molar-refractivity contribution in [1.29, 1.82) is 0 Å². The van der Waals surface area contributed by atoms with E-state index in [1.807, 2.05) is 34.1 Å². The first kappa shape index (κ1) is 21.6. The lowest BCUT2D eigenvalue weighted by Gasteiger charge is -2.38. The molecule has 2 saturated heterocycles. The van der Waals surface area contributed by atoms with Crippen LogP contribution >= 0.6 is 0 Å². The molecule has 0 aromatic heterocycles. The first-order valence-electron chi connectivity index (χ1n) is 10.4. The van der Waals surface area contributed by atoms with Crippen LogP contribution in [0.2, 0.25) is 0 Å². The van der Waals surface area contributed by atoms with Crippen LogP contribution < -0.4 is 4.74 Å².